The summed E-state index contributed by atoms with van der Waals surface area (Å²) in [5.74, 6) is -7.13. The summed E-state index contributed by atoms with van der Waals surface area (Å²) >= 11 is 0. The van der Waals surface area contributed by atoms with Crippen LogP contribution in [0.25, 0.3) is 0 Å². The number of piperidine rings is 1. The van der Waals surface area contributed by atoms with Crippen LogP contribution in [0.1, 0.15) is 53.7 Å². The molecule has 1 unspecified atom stereocenters. The first-order valence-corrected chi connectivity index (χ1v) is 11.7. The van der Waals surface area contributed by atoms with Gasteiger partial charge in [-0.15, -0.1) is 0 Å². The quantitative estimate of drug-likeness (QED) is 0.571. The summed E-state index contributed by atoms with van der Waals surface area (Å²) in [5.41, 5.74) is 1.48. The highest BCUT2D eigenvalue weighted by molar-refractivity contribution is 6.15. The molecule has 0 aromatic heterocycles. The van der Waals surface area contributed by atoms with Gasteiger partial charge in [-0.3, -0.25) is 24.5 Å². The van der Waals surface area contributed by atoms with E-state index in [1.165, 1.54) is 12.1 Å². The average molecular weight is 497 g/mol. The molecule has 0 spiro atoms. The van der Waals surface area contributed by atoms with E-state index in [9.17, 15) is 28.0 Å². The number of halogens is 2. The normalized spacial score (nSPS) is 17.9. The monoisotopic (exact) mass is 496 g/mol. The largest absolute Gasteiger partial charge is 0.490 e. The second kappa shape index (κ2) is 10.0. The Labute approximate surface area is 206 Å². The highest BCUT2D eigenvalue weighted by Gasteiger charge is 2.43. The minimum absolute atomic E-state index is 0.0569. The van der Waals surface area contributed by atoms with E-state index in [0.29, 0.717) is 28.7 Å². The van der Waals surface area contributed by atoms with Crippen molar-refractivity contribution in [2.24, 2.45) is 5.92 Å². The highest BCUT2D eigenvalue weighted by atomic mass is 19.3. The number of amides is 3. The van der Waals surface area contributed by atoms with Crippen molar-refractivity contribution in [1.29, 1.82) is 0 Å². The zero-order valence-electron chi connectivity index (χ0n) is 19.9. The minimum Gasteiger partial charge on any atom is -0.490 e. The van der Waals surface area contributed by atoms with Crippen LogP contribution in [0.3, 0.4) is 0 Å². The van der Waals surface area contributed by atoms with E-state index >= 15 is 0 Å². The van der Waals surface area contributed by atoms with E-state index in [0.717, 1.165) is 6.07 Å². The molecule has 36 heavy (non-hydrogen) atoms. The molecule has 0 bridgehead atoms. The van der Waals surface area contributed by atoms with E-state index < -0.39 is 29.2 Å². The predicted octanol–water partition coefficient (Wildman–Crippen LogP) is 3.60. The number of hydrogen-bond donors (Lipinski definition) is 2. The fourth-order valence-electron chi connectivity index (χ4n) is 4.40. The number of para-hydroxylation sites is 1. The van der Waals surface area contributed by atoms with Crippen molar-refractivity contribution in [1.82, 2.24) is 10.6 Å². The van der Waals surface area contributed by atoms with Gasteiger partial charge in [-0.05, 0) is 49.9 Å². The molecule has 0 radical (unpaired) electrons. The van der Waals surface area contributed by atoms with Crippen LogP contribution in [0.5, 0.6) is 5.75 Å². The Balaban J connectivity index is 1.45. The number of Topliss-reactive ketones (excluding diaryl/α,β-unsaturated/α-hetero) is 1. The predicted molar refractivity (Wildman–Crippen MR) is 126 cm³/mol. The fraction of sp³-hybridized carbons (Fsp3) is 0.333. The third kappa shape index (κ3) is 5.05. The van der Waals surface area contributed by atoms with E-state index in [1.807, 2.05) is 0 Å². The van der Waals surface area contributed by atoms with Crippen LogP contribution in [-0.4, -0.2) is 29.6 Å². The molecule has 1 fully saturated rings. The summed E-state index contributed by atoms with van der Waals surface area (Å²) in [7, 11) is 0. The standard InChI is InChI=1S/C27H26F2N2O5/c1-15(2)36-22-6-4-3-5-21(22)27(28,29)26(35)30-14-16-7-9-18-17(13-16)8-10-19(24(18)33)20-11-12-23(32)31-25(20)34/h3-7,9-10,13,15,20H,8,11-12,14H2,1-2H3,(H,30,35)(H,31,32,34). The zero-order valence-corrected chi connectivity index (χ0v) is 19.9. The molecule has 1 atom stereocenters. The molecule has 2 aromatic rings. The second-order valence-electron chi connectivity index (χ2n) is 9.11. The number of imide groups is 1. The van der Waals surface area contributed by atoms with E-state index in [-0.39, 0.29) is 42.9 Å². The number of ketones is 1. The lowest BCUT2D eigenvalue weighted by Gasteiger charge is -2.26. The van der Waals surface area contributed by atoms with E-state index in [1.54, 1.807) is 44.2 Å². The molecule has 2 aliphatic rings. The summed E-state index contributed by atoms with van der Waals surface area (Å²) in [4.78, 5) is 49.0. The van der Waals surface area contributed by atoms with Crippen LogP contribution >= 0.6 is 0 Å². The van der Waals surface area contributed by atoms with Crippen LogP contribution in [0, 0.1) is 5.92 Å². The summed E-state index contributed by atoms with van der Waals surface area (Å²) in [6.07, 6.45) is 2.15. The van der Waals surface area contributed by atoms with Crippen LogP contribution < -0.4 is 15.4 Å². The Hall–Kier alpha value is -3.88. The highest BCUT2D eigenvalue weighted by Crippen LogP contribution is 2.36. The van der Waals surface area contributed by atoms with Crippen molar-refractivity contribution in [3.8, 4) is 5.75 Å². The summed E-state index contributed by atoms with van der Waals surface area (Å²) < 4.78 is 35.4. The molecule has 1 saturated heterocycles. The topological polar surface area (TPSA) is 102 Å². The Morgan fingerprint density at radius 2 is 1.92 bits per heavy atom. The first-order chi connectivity index (χ1) is 17.1. The number of ether oxygens (including phenoxy) is 1. The number of allylic oxidation sites excluding steroid dienone is 1. The number of nitrogens with one attached hydrogen (secondary N) is 2. The summed E-state index contributed by atoms with van der Waals surface area (Å²) in [6, 6.07) is 10.4. The number of fused-ring (bicyclic) bond motifs is 1. The first kappa shape index (κ1) is 25.2. The van der Waals surface area contributed by atoms with Gasteiger partial charge in [0.15, 0.2) is 5.78 Å². The third-order valence-electron chi connectivity index (χ3n) is 6.16. The second-order valence-corrected chi connectivity index (χ2v) is 9.11. The number of carbonyl (C=O) groups is 4. The average Bonchev–Trinajstić information content (AvgIpc) is 2.83. The molecule has 3 amide bonds. The number of alkyl halides is 2. The van der Waals surface area contributed by atoms with Crippen molar-refractivity contribution in [3.05, 3.63) is 76.4 Å². The van der Waals surface area contributed by atoms with Crippen molar-refractivity contribution in [2.75, 3.05) is 0 Å². The lowest BCUT2D eigenvalue weighted by molar-refractivity contribution is -0.147. The van der Waals surface area contributed by atoms with Gasteiger partial charge in [0.25, 0.3) is 5.91 Å². The molecular formula is C27H26F2N2O5. The van der Waals surface area contributed by atoms with E-state index in [4.69, 9.17) is 4.74 Å². The first-order valence-electron chi connectivity index (χ1n) is 11.7. The van der Waals surface area contributed by atoms with Crippen LogP contribution in [0.15, 0.2) is 54.1 Å². The summed E-state index contributed by atoms with van der Waals surface area (Å²) in [5, 5.41) is 4.54. The third-order valence-corrected chi connectivity index (χ3v) is 6.16. The zero-order chi connectivity index (χ0) is 26.0. The molecule has 9 heteroatoms. The number of carbonyl (C=O) groups excluding carboxylic acids is 4. The van der Waals surface area contributed by atoms with Crippen molar-refractivity contribution >= 4 is 23.5 Å². The molecule has 1 heterocycles. The van der Waals surface area contributed by atoms with Crippen molar-refractivity contribution in [3.63, 3.8) is 0 Å². The van der Waals surface area contributed by atoms with Gasteiger partial charge in [0.2, 0.25) is 11.8 Å². The molecule has 1 aliphatic carbocycles. The molecular weight excluding hydrogens is 470 g/mol. The Kier molecular flexibility index (Phi) is 7.01. The molecule has 7 nitrogen and oxygen atoms in total. The smallest absolute Gasteiger partial charge is 0.353 e. The minimum atomic E-state index is -3.81. The lowest BCUT2D eigenvalue weighted by Crippen LogP contribution is -2.42. The van der Waals surface area contributed by atoms with Gasteiger partial charge in [0.1, 0.15) is 5.75 Å². The number of rotatable bonds is 7. The maximum absolute atomic E-state index is 15.0. The number of hydrogen-bond acceptors (Lipinski definition) is 5. The molecule has 2 aromatic carbocycles. The molecule has 2 N–H and O–H groups in total. The van der Waals surface area contributed by atoms with Gasteiger partial charge in [0.05, 0.1) is 17.6 Å². The molecule has 188 valence electrons. The Morgan fingerprint density at radius 3 is 2.64 bits per heavy atom. The van der Waals surface area contributed by atoms with Crippen LogP contribution in [-0.2, 0) is 33.3 Å². The SMILES string of the molecule is CC(C)Oc1ccccc1C(F)(F)C(=O)NCc1ccc2c(c1)CC=C(C1CCC(=O)NC1=O)C2=O. The maximum Gasteiger partial charge on any atom is 0.353 e. The summed E-state index contributed by atoms with van der Waals surface area (Å²) in [6.45, 7) is 3.25. The van der Waals surface area contributed by atoms with Crippen LogP contribution in [0.4, 0.5) is 8.78 Å². The Morgan fingerprint density at radius 1 is 1.17 bits per heavy atom. The molecule has 1 aliphatic heterocycles. The van der Waals surface area contributed by atoms with Crippen molar-refractivity contribution < 1.29 is 32.7 Å². The fourth-order valence-corrected chi connectivity index (χ4v) is 4.40. The lowest BCUT2D eigenvalue weighted by atomic mass is 9.80. The van der Waals surface area contributed by atoms with Gasteiger partial charge < -0.3 is 10.1 Å². The molecule has 4 rings (SSSR count). The van der Waals surface area contributed by atoms with Gasteiger partial charge in [0, 0.05) is 24.1 Å². The van der Waals surface area contributed by atoms with Crippen LogP contribution in [0.2, 0.25) is 0 Å². The molecule has 0 saturated carbocycles. The van der Waals surface area contributed by atoms with Gasteiger partial charge in [-0.25, -0.2) is 0 Å². The Bertz CT molecular complexity index is 1270. The van der Waals surface area contributed by atoms with Gasteiger partial charge >= 0.3 is 5.92 Å². The van der Waals surface area contributed by atoms with Crippen molar-refractivity contribution in [2.45, 2.75) is 51.7 Å². The number of benzene rings is 2. The van der Waals surface area contributed by atoms with Gasteiger partial charge in [-0.2, -0.15) is 8.78 Å². The van der Waals surface area contributed by atoms with Gasteiger partial charge in [-0.1, -0.05) is 36.4 Å². The van der Waals surface area contributed by atoms with E-state index in [2.05, 4.69) is 10.6 Å². The maximum atomic E-state index is 15.0.